The first kappa shape index (κ1) is 24.4. The minimum atomic E-state index is 0.881. The second kappa shape index (κ2) is 9.22. The van der Waals surface area contributed by atoms with Gasteiger partial charge in [0.05, 0.1) is 27.8 Å². The predicted molar refractivity (Wildman–Crippen MR) is 186 cm³/mol. The molecule has 1 aliphatic heterocycles. The summed E-state index contributed by atoms with van der Waals surface area (Å²) in [4.78, 5) is 0. The van der Waals surface area contributed by atoms with Crippen LogP contribution in [0, 0.1) is 0 Å². The first-order valence-corrected chi connectivity index (χ1v) is 15.4. The van der Waals surface area contributed by atoms with E-state index in [4.69, 9.17) is 4.74 Å². The number of nitrogens with zero attached hydrogens (tertiary/aromatic N) is 2. The molecule has 0 spiro atoms. The summed E-state index contributed by atoms with van der Waals surface area (Å²) in [6, 6.07) is 56.5. The summed E-state index contributed by atoms with van der Waals surface area (Å²) in [7, 11) is 0. The Morgan fingerprint density at radius 1 is 0.400 bits per heavy atom. The molecule has 0 radical (unpaired) electrons. The first-order valence-electron chi connectivity index (χ1n) is 15.4. The standard InChI is InChI=1S/C42H26N2O/c1-3-16-35-32(12-1)33-13-2-4-17-36(33)43(35)30-24-22-27(23-25-30)28-10-7-11-29(26-28)31-14-8-19-38-41(31)34-15-9-21-40-42(34)44(38)37-18-5-6-20-39(37)45-40/h1-26H. The van der Waals surface area contributed by atoms with Gasteiger partial charge in [-0.25, -0.2) is 0 Å². The Labute approximate surface area is 259 Å². The quantitative estimate of drug-likeness (QED) is 0.205. The molecule has 0 saturated heterocycles. The van der Waals surface area contributed by atoms with Gasteiger partial charge >= 0.3 is 0 Å². The van der Waals surface area contributed by atoms with Gasteiger partial charge in [0.25, 0.3) is 0 Å². The van der Waals surface area contributed by atoms with Crippen molar-refractivity contribution in [2.45, 2.75) is 0 Å². The molecular formula is C42H26N2O. The Hall–Kier alpha value is -6.06. The van der Waals surface area contributed by atoms with E-state index in [2.05, 4.69) is 155 Å². The number of ether oxygens (including phenoxy) is 1. The summed E-state index contributed by atoms with van der Waals surface area (Å²) in [6.07, 6.45) is 0. The Balaban J connectivity index is 1.11. The van der Waals surface area contributed by atoms with Crippen LogP contribution in [0.4, 0.5) is 0 Å². The summed E-state index contributed by atoms with van der Waals surface area (Å²) < 4.78 is 11.1. The van der Waals surface area contributed by atoms with Gasteiger partial charge in [0.1, 0.15) is 0 Å². The van der Waals surface area contributed by atoms with Crippen LogP contribution in [0.2, 0.25) is 0 Å². The van der Waals surface area contributed by atoms with Crippen LogP contribution in [0.3, 0.4) is 0 Å². The van der Waals surface area contributed by atoms with Gasteiger partial charge in [0, 0.05) is 27.2 Å². The summed E-state index contributed by atoms with van der Waals surface area (Å²) in [5, 5.41) is 5.00. The Morgan fingerprint density at radius 3 is 1.84 bits per heavy atom. The lowest BCUT2D eigenvalue weighted by Crippen LogP contribution is -2.03. The zero-order chi connectivity index (χ0) is 29.5. The van der Waals surface area contributed by atoms with E-state index >= 15 is 0 Å². The molecule has 0 saturated carbocycles. The molecule has 2 aromatic heterocycles. The molecular weight excluding hydrogens is 548 g/mol. The SMILES string of the molecule is c1cc(-c2ccc(-n3c4ccccc4c4ccccc43)cc2)cc(-c2cccc3c2c2cccc4c2n3-c2ccccc2O4)c1. The van der Waals surface area contributed by atoms with Gasteiger partial charge in [-0.15, -0.1) is 0 Å². The van der Waals surface area contributed by atoms with Crippen molar-refractivity contribution in [2.75, 3.05) is 0 Å². The second-order valence-electron chi connectivity index (χ2n) is 11.8. The molecule has 0 N–H and O–H groups in total. The van der Waals surface area contributed by atoms with E-state index in [-0.39, 0.29) is 0 Å². The summed E-state index contributed by atoms with van der Waals surface area (Å²) in [5.74, 6) is 1.78. The Morgan fingerprint density at radius 2 is 1.02 bits per heavy atom. The number of hydrogen-bond acceptors (Lipinski definition) is 1. The maximum Gasteiger partial charge on any atom is 0.152 e. The van der Waals surface area contributed by atoms with Crippen LogP contribution < -0.4 is 4.74 Å². The zero-order valence-electron chi connectivity index (χ0n) is 24.3. The summed E-state index contributed by atoms with van der Waals surface area (Å²) >= 11 is 0. The highest BCUT2D eigenvalue weighted by Crippen LogP contribution is 2.47. The maximum absolute atomic E-state index is 6.36. The fourth-order valence-corrected chi connectivity index (χ4v) is 7.37. The lowest BCUT2D eigenvalue weighted by Gasteiger charge is -2.20. The molecule has 9 aromatic rings. The van der Waals surface area contributed by atoms with E-state index in [9.17, 15) is 0 Å². The third kappa shape index (κ3) is 3.46. The molecule has 1 aliphatic rings. The minimum Gasteiger partial charge on any atom is -0.453 e. The van der Waals surface area contributed by atoms with Crippen molar-refractivity contribution >= 4 is 43.6 Å². The van der Waals surface area contributed by atoms with Gasteiger partial charge in [0.2, 0.25) is 0 Å². The fraction of sp³-hybridized carbons (Fsp3) is 0. The highest BCUT2D eigenvalue weighted by atomic mass is 16.5. The summed E-state index contributed by atoms with van der Waals surface area (Å²) in [6.45, 7) is 0. The molecule has 0 fully saturated rings. The van der Waals surface area contributed by atoms with Gasteiger partial charge < -0.3 is 13.9 Å². The molecule has 0 unspecified atom stereocenters. The maximum atomic E-state index is 6.36. The predicted octanol–water partition coefficient (Wildman–Crippen LogP) is 11.3. The van der Waals surface area contributed by atoms with Crippen LogP contribution in [0.25, 0.3) is 77.2 Å². The Kier molecular flexibility index (Phi) is 5.00. The van der Waals surface area contributed by atoms with E-state index in [1.54, 1.807) is 0 Å². The van der Waals surface area contributed by atoms with Crippen LogP contribution >= 0.6 is 0 Å². The first-order chi connectivity index (χ1) is 22.3. The number of benzene rings is 7. The zero-order valence-corrected chi connectivity index (χ0v) is 24.3. The molecule has 0 bridgehead atoms. The van der Waals surface area contributed by atoms with E-state index in [1.807, 2.05) is 12.1 Å². The molecule has 0 amide bonds. The monoisotopic (exact) mass is 574 g/mol. The topological polar surface area (TPSA) is 19.1 Å². The molecule has 3 heterocycles. The second-order valence-corrected chi connectivity index (χ2v) is 11.8. The number of aromatic nitrogens is 2. The van der Waals surface area contributed by atoms with Gasteiger partial charge in [-0.1, -0.05) is 103 Å². The van der Waals surface area contributed by atoms with Gasteiger partial charge in [-0.2, -0.15) is 0 Å². The molecule has 10 rings (SSSR count). The Bertz CT molecular complexity index is 2570. The normalized spacial score (nSPS) is 12.2. The van der Waals surface area contributed by atoms with E-state index < -0.39 is 0 Å². The molecule has 210 valence electrons. The van der Waals surface area contributed by atoms with Crippen LogP contribution in [-0.4, -0.2) is 9.13 Å². The number of rotatable bonds is 3. The minimum absolute atomic E-state index is 0.881. The van der Waals surface area contributed by atoms with Crippen molar-refractivity contribution in [3.05, 3.63) is 158 Å². The highest BCUT2D eigenvalue weighted by Gasteiger charge is 2.24. The third-order valence-corrected chi connectivity index (χ3v) is 9.31. The van der Waals surface area contributed by atoms with Crippen LogP contribution in [0.1, 0.15) is 0 Å². The van der Waals surface area contributed by atoms with Crippen LogP contribution in [0.15, 0.2) is 158 Å². The van der Waals surface area contributed by atoms with Crippen molar-refractivity contribution < 1.29 is 4.74 Å². The lowest BCUT2D eigenvalue weighted by atomic mass is 9.96. The van der Waals surface area contributed by atoms with Gasteiger partial charge in [-0.3, -0.25) is 0 Å². The van der Waals surface area contributed by atoms with Crippen LogP contribution in [0.5, 0.6) is 11.5 Å². The van der Waals surface area contributed by atoms with Crippen molar-refractivity contribution in [1.82, 2.24) is 9.13 Å². The third-order valence-electron chi connectivity index (χ3n) is 9.31. The number of hydrogen-bond donors (Lipinski definition) is 0. The van der Waals surface area contributed by atoms with Crippen molar-refractivity contribution in [3.63, 3.8) is 0 Å². The fourth-order valence-electron chi connectivity index (χ4n) is 7.37. The largest absolute Gasteiger partial charge is 0.453 e. The van der Waals surface area contributed by atoms with E-state index in [0.29, 0.717) is 0 Å². The smallest absolute Gasteiger partial charge is 0.152 e. The average molecular weight is 575 g/mol. The van der Waals surface area contributed by atoms with Crippen molar-refractivity contribution in [3.8, 4) is 45.1 Å². The van der Waals surface area contributed by atoms with Crippen molar-refractivity contribution in [1.29, 1.82) is 0 Å². The number of para-hydroxylation sites is 5. The lowest BCUT2D eigenvalue weighted by molar-refractivity contribution is 0.476. The molecule has 0 atom stereocenters. The van der Waals surface area contributed by atoms with Gasteiger partial charge in [-0.05, 0) is 76.9 Å². The van der Waals surface area contributed by atoms with E-state index in [1.165, 1.54) is 60.3 Å². The van der Waals surface area contributed by atoms with Crippen LogP contribution in [-0.2, 0) is 0 Å². The molecule has 0 aliphatic carbocycles. The molecule has 7 aromatic carbocycles. The molecule has 45 heavy (non-hydrogen) atoms. The van der Waals surface area contributed by atoms with Gasteiger partial charge in [0.15, 0.2) is 11.5 Å². The highest BCUT2D eigenvalue weighted by molar-refractivity contribution is 6.18. The van der Waals surface area contributed by atoms with Crippen molar-refractivity contribution in [2.24, 2.45) is 0 Å². The number of fused-ring (bicyclic) bond motifs is 8. The summed E-state index contributed by atoms with van der Waals surface area (Å²) in [5.41, 5.74) is 11.8. The average Bonchev–Trinajstić information content (AvgIpc) is 3.63. The molecule has 3 nitrogen and oxygen atoms in total. The molecule has 3 heteroatoms. The van der Waals surface area contributed by atoms with E-state index in [0.717, 1.165) is 28.4 Å².